The second-order valence-corrected chi connectivity index (χ2v) is 7.97. The van der Waals surface area contributed by atoms with Gasteiger partial charge in [0.05, 0.1) is 19.1 Å². The molecule has 0 saturated carbocycles. The lowest BCUT2D eigenvalue weighted by Gasteiger charge is -2.15. The average molecular weight is 378 g/mol. The number of methoxy groups -OCH3 is 2. The molecule has 0 fully saturated rings. The van der Waals surface area contributed by atoms with Gasteiger partial charge in [-0.05, 0) is 36.8 Å². The lowest BCUT2D eigenvalue weighted by atomic mass is 10.1. The zero-order valence-corrected chi connectivity index (χ0v) is 16.2. The van der Waals surface area contributed by atoms with Crippen molar-refractivity contribution >= 4 is 21.6 Å². The van der Waals surface area contributed by atoms with Crippen molar-refractivity contribution in [2.75, 3.05) is 33.6 Å². The minimum atomic E-state index is -3.60. The van der Waals surface area contributed by atoms with Crippen LogP contribution in [0, 0.1) is 6.92 Å². The van der Waals surface area contributed by atoms with Gasteiger partial charge < -0.3 is 14.8 Å². The normalized spacial score (nSPS) is 11.3. The van der Waals surface area contributed by atoms with Gasteiger partial charge in [-0.15, -0.1) is 0 Å². The largest absolute Gasteiger partial charge is 0.497 e. The predicted octanol–water partition coefficient (Wildman–Crippen LogP) is 2.51. The number of ether oxygens (including phenoxy) is 2. The van der Waals surface area contributed by atoms with E-state index < -0.39 is 15.9 Å². The smallest absolute Gasteiger partial charge is 0.255 e. The summed E-state index contributed by atoms with van der Waals surface area (Å²) in [5.74, 6) is 0.565. The Morgan fingerprint density at radius 3 is 2.08 bits per heavy atom. The number of nitrogens with zero attached hydrogens (tertiary/aromatic N) is 1. The Morgan fingerprint density at radius 2 is 1.58 bits per heavy atom. The molecule has 0 aliphatic heterocycles. The van der Waals surface area contributed by atoms with E-state index in [1.807, 2.05) is 0 Å². The van der Waals surface area contributed by atoms with E-state index in [-0.39, 0.29) is 4.90 Å². The molecule has 7 nitrogen and oxygen atoms in total. The summed E-state index contributed by atoms with van der Waals surface area (Å²) >= 11 is 0. The van der Waals surface area contributed by atoms with E-state index in [0.29, 0.717) is 22.7 Å². The highest BCUT2D eigenvalue weighted by atomic mass is 32.2. The van der Waals surface area contributed by atoms with E-state index >= 15 is 0 Å². The fraction of sp³-hybridized carbons (Fsp3) is 0.278. The van der Waals surface area contributed by atoms with Gasteiger partial charge in [-0.2, -0.15) is 0 Å². The van der Waals surface area contributed by atoms with E-state index in [0.717, 1.165) is 9.87 Å². The summed E-state index contributed by atoms with van der Waals surface area (Å²) in [6, 6.07) is 9.42. The van der Waals surface area contributed by atoms with Gasteiger partial charge in [-0.3, -0.25) is 4.79 Å². The maximum Gasteiger partial charge on any atom is 0.255 e. The van der Waals surface area contributed by atoms with Crippen molar-refractivity contribution < 1.29 is 22.7 Å². The number of rotatable bonds is 6. The van der Waals surface area contributed by atoms with Gasteiger partial charge in [0, 0.05) is 31.4 Å². The van der Waals surface area contributed by atoms with Crippen LogP contribution >= 0.6 is 0 Å². The Hall–Kier alpha value is -2.58. The first-order chi connectivity index (χ1) is 12.2. The lowest BCUT2D eigenvalue weighted by molar-refractivity contribution is 0.102. The Kier molecular flexibility index (Phi) is 5.89. The molecule has 2 rings (SSSR count). The van der Waals surface area contributed by atoms with Crippen LogP contribution in [0.1, 0.15) is 15.9 Å². The molecule has 1 N–H and O–H groups in total. The third kappa shape index (κ3) is 4.14. The van der Waals surface area contributed by atoms with E-state index in [9.17, 15) is 13.2 Å². The zero-order valence-electron chi connectivity index (χ0n) is 15.4. The fourth-order valence-electron chi connectivity index (χ4n) is 2.24. The monoisotopic (exact) mass is 378 g/mol. The number of anilines is 1. The molecule has 0 bridgehead atoms. The molecule has 0 aliphatic rings. The summed E-state index contributed by atoms with van der Waals surface area (Å²) in [5.41, 5.74) is 1.49. The molecule has 0 saturated heterocycles. The molecule has 8 heteroatoms. The quantitative estimate of drug-likeness (QED) is 0.835. The molecule has 0 heterocycles. The molecule has 2 aromatic rings. The van der Waals surface area contributed by atoms with Crippen LogP contribution in [0.2, 0.25) is 0 Å². The molecule has 140 valence electrons. The number of carbonyl (C=O) groups is 1. The molecule has 0 spiro atoms. The molecule has 0 atom stereocenters. The van der Waals surface area contributed by atoms with Gasteiger partial charge in [-0.1, -0.05) is 6.07 Å². The van der Waals surface area contributed by atoms with Gasteiger partial charge >= 0.3 is 0 Å². The van der Waals surface area contributed by atoms with Crippen LogP contribution < -0.4 is 14.8 Å². The molecule has 0 aromatic heterocycles. The van der Waals surface area contributed by atoms with Crippen LogP contribution in [0.5, 0.6) is 11.5 Å². The Labute approximate surface area is 153 Å². The maximum absolute atomic E-state index is 12.6. The number of benzene rings is 2. The summed E-state index contributed by atoms with van der Waals surface area (Å²) in [5, 5.41) is 2.75. The van der Waals surface area contributed by atoms with Gasteiger partial charge in [0.1, 0.15) is 11.5 Å². The molecule has 2 aromatic carbocycles. The highest BCUT2D eigenvalue weighted by molar-refractivity contribution is 7.89. The number of nitrogens with one attached hydrogen (secondary N) is 1. The topological polar surface area (TPSA) is 84.9 Å². The van der Waals surface area contributed by atoms with Crippen molar-refractivity contribution in [1.82, 2.24) is 4.31 Å². The van der Waals surface area contributed by atoms with Crippen molar-refractivity contribution in [2.45, 2.75) is 11.8 Å². The first kappa shape index (κ1) is 19.7. The Bertz CT molecular complexity index is 901. The molecule has 0 aliphatic carbocycles. The van der Waals surface area contributed by atoms with Gasteiger partial charge in [0.25, 0.3) is 5.91 Å². The van der Waals surface area contributed by atoms with Crippen LogP contribution in [0.25, 0.3) is 0 Å². The number of hydrogen-bond acceptors (Lipinski definition) is 5. The minimum absolute atomic E-state index is 0.103. The van der Waals surface area contributed by atoms with Crippen LogP contribution in [-0.4, -0.2) is 46.9 Å². The van der Waals surface area contributed by atoms with Crippen LogP contribution in [-0.2, 0) is 10.0 Å². The van der Waals surface area contributed by atoms with Crippen LogP contribution in [0.4, 0.5) is 5.69 Å². The van der Waals surface area contributed by atoms with Crippen LogP contribution in [0.15, 0.2) is 41.3 Å². The summed E-state index contributed by atoms with van der Waals surface area (Å²) < 4.78 is 36.1. The number of hydrogen-bond donors (Lipinski definition) is 1. The number of aryl methyl sites for hydroxylation is 1. The van der Waals surface area contributed by atoms with Gasteiger partial charge in [-0.25, -0.2) is 12.7 Å². The summed E-state index contributed by atoms with van der Waals surface area (Å²) in [4.78, 5) is 12.7. The van der Waals surface area contributed by atoms with E-state index in [1.165, 1.54) is 40.4 Å². The maximum atomic E-state index is 12.6. The van der Waals surface area contributed by atoms with E-state index in [1.54, 1.807) is 31.2 Å². The number of amides is 1. The lowest BCUT2D eigenvalue weighted by Crippen LogP contribution is -2.22. The summed E-state index contributed by atoms with van der Waals surface area (Å²) in [6.45, 7) is 1.79. The highest BCUT2D eigenvalue weighted by Gasteiger charge is 2.19. The minimum Gasteiger partial charge on any atom is -0.497 e. The Balaban J connectivity index is 2.38. The third-order valence-electron chi connectivity index (χ3n) is 3.85. The average Bonchev–Trinajstić information content (AvgIpc) is 2.62. The van der Waals surface area contributed by atoms with Crippen molar-refractivity contribution in [2.24, 2.45) is 0 Å². The molecular formula is C18H22N2O5S. The molecule has 26 heavy (non-hydrogen) atoms. The zero-order chi connectivity index (χ0) is 19.5. The van der Waals surface area contributed by atoms with Gasteiger partial charge in [0.2, 0.25) is 10.0 Å². The second-order valence-electron chi connectivity index (χ2n) is 5.82. The van der Waals surface area contributed by atoms with Crippen molar-refractivity contribution in [3.63, 3.8) is 0 Å². The predicted molar refractivity (Wildman–Crippen MR) is 99.6 cm³/mol. The van der Waals surface area contributed by atoms with E-state index in [2.05, 4.69) is 5.32 Å². The number of sulfonamides is 1. The second kappa shape index (κ2) is 7.76. The molecular weight excluding hydrogens is 356 g/mol. The summed E-state index contributed by atoms with van der Waals surface area (Å²) in [7, 11) is 2.31. The highest BCUT2D eigenvalue weighted by Crippen LogP contribution is 2.25. The SMILES string of the molecule is COc1cc(OC)cc(C(=O)Nc2cc(S(=O)(=O)N(C)C)ccc2C)c1. The third-order valence-corrected chi connectivity index (χ3v) is 5.66. The van der Waals surface area contributed by atoms with E-state index in [4.69, 9.17) is 9.47 Å². The fourth-order valence-corrected chi connectivity index (χ4v) is 3.17. The standard InChI is InChI=1S/C18H22N2O5S/c1-12-6-7-16(26(22,23)20(2)3)11-17(12)19-18(21)13-8-14(24-4)10-15(9-13)25-5/h6-11H,1-5H3,(H,19,21). The summed E-state index contributed by atoms with van der Waals surface area (Å²) in [6.07, 6.45) is 0. The van der Waals surface area contributed by atoms with Crippen molar-refractivity contribution in [3.8, 4) is 11.5 Å². The van der Waals surface area contributed by atoms with Crippen molar-refractivity contribution in [3.05, 3.63) is 47.5 Å². The molecule has 0 unspecified atom stereocenters. The Morgan fingerprint density at radius 1 is 1.00 bits per heavy atom. The van der Waals surface area contributed by atoms with Crippen molar-refractivity contribution in [1.29, 1.82) is 0 Å². The van der Waals surface area contributed by atoms with Crippen LogP contribution in [0.3, 0.4) is 0 Å². The number of carbonyl (C=O) groups excluding carboxylic acids is 1. The molecule has 1 amide bonds. The van der Waals surface area contributed by atoms with Gasteiger partial charge in [0.15, 0.2) is 0 Å². The first-order valence-electron chi connectivity index (χ1n) is 7.76. The first-order valence-corrected chi connectivity index (χ1v) is 9.20. The molecule has 0 radical (unpaired) electrons.